The van der Waals surface area contributed by atoms with Crippen LogP contribution < -0.4 is 22.9 Å². The summed E-state index contributed by atoms with van der Waals surface area (Å²) in [6, 6.07) is 5.32. The van der Waals surface area contributed by atoms with Gasteiger partial charge in [0.15, 0.2) is 5.17 Å². The average molecular weight is 318 g/mol. The van der Waals surface area contributed by atoms with Crippen molar-refractivity contribution in [2.45, 2.75) is 19.1 Å². The number of halogens is 1. The predicted octanol–water partition coefficient (Wildman–Crippen LogP) is -0.607. The Morgan fingerprint density at radius 1 is 1.45 bits per heavy atom. The van der Waals surface area contributed by atoms with Crippen LogP contribution in [0.2, 0.25) is 0 Å². The summed E-state index contributed by atoms with van der Waals surface area (Å²) in [5.74, 6) is 0.624. The van der Waals surface area contributed by atoms with Gasteiger partial charge in [-0.25, -0.2) is 4.79 Å². The highest BCUT2D eigenvalue weighted by atomic mass is 35.5. The van der Waals surface area contributed by atoms with Gasteiger partial charge in [-0.15, -0.1) is 0 Å². The highest BCUT2D eigenvalue weighted by molar-refractivity contribution is 8.13. The standard InChI is InChI=1S/C13H18N2O3S.ClH/c1-3-6-18-11-5-4-9(8-19-13(14)15)7-10(11)12(16)17-2;/h4-5,7H,3,6,8H2,1-2H3,(H3,14,15);1H/p-1. The lowest BCUT2D eigenvalue weighted by Crippen LogP contribution is -3.00. The second kappa shape index (κ2) is 9.50. The summed E-state index contributed by atoms with van der Waals surface area (Å²) in [7, 11) is 1.34. The lowest BCUT2D eigenvalue weighted by Gasteiger charge is -2.11. The van der Waals surface area contributed by atoms with Crippen molar-refractivity contribution in [1.29, 1.82) is 5.41 Å². The van der Waals surface area contributed by atoms with E-state index in [-0.39, 0.29) is 17.6 Å². The van der Waals surface area contributed by atoms with Crippen molar-refractivity contribution in [1.82, 2.24) is 0 Å². The third-order valence-electron chi connectivity index (χ3n) is 2.31. The monoisotopic (exact) mass is 317 g/mol. The van der Waals surface area contributed by atoms with Crippen molar-refractivity contribution in [2.75, 3.05) is 13.7 Å². The van der Waals surface area contributed by atoms with Gasteiger partial charge < -0.3 is 27.6 Å². The molecule has 0 spiro atoms. The molecule has 1 aromatic carbocycles. The van der Waals surface area contributed by atoms with Crippen LogP contribution in [-0.4, -0.2) is 24.9 Å². The molecular weight excluding hydrogens is 300 g/mol. The number of rotatable bonds is 6. The minimum Gasteiger partial charge on any atom is -1.00 e. The van der Waals surface area contributed by atoms with Crippen LogP contribution in [0.15, 0.2) is 18.2 Å². The van der Waals surface area contributed by atoms with Gasteiger partial charge in [-0.3, -0.25) is 5.41 Å². The van der Waals surface area contributed by atoms with E-state index >= 15 is 0 Å². The Morgan fingerprint density at radius 3 is 2.70 bits per heavy atom. The van der Waals surface area contributed by atoms with Gasteiger partial charge in [-0.1, -0.05) is 24.8 Å². The number of esters is 1. The van der Waals surface area contributed by atoms with Crippen LogP contribution in [0.1, 0.15) is 29.3 Å². The van der Waals surface area contributed by atoms with Gasteiger partial charge in [-0.2, -0.15) is 0 Å². The number of nitrogens with one attached hydrogen (secondary N) is 1. The van der Waals surface area contributed by atoms with Gasteiger partial charge in [0.25, 0.3) is 0 Å². The van der Waals surface area contributed by atoms with Crippen LogP contribution in [0.3, 0.4) is 0 Å². The lowest BCUT2D eigenvalue weighted by molar-refractivity contribution is -0.0000199. The zero-order chi connectivity index (χ0) is 14.3. The minimum atomic E-state index is -0.430. The van der Waals surface area contributed by atoms with Gasteiger partial charge in [0, 0.05) is 5.75 Å². The fourth-order valence-corrected chi connectivity index (χ4v) is 1.94. The van der Waals surface area contributed by atoms with Gasteiger partial charge >= 0.3 is 5.97 Å². The topological polar surface area (TPSA) is 85.4 Å². The first-order chi connectivity index (χ1) is 9.08. The number of carbonyl (C=O) groups excluding carboxylic acids is 1. The minimum absolute atomic E-state index is 0. The maximum atomic E-state index is 11.7. The molecule has 3 N–H and O–H groups in total. The van der Waals surface area contributed by atoms with Crippen molar-refractivity contribution >= 4 is 22.9 Å². The predicted molar refractivity (Wildman–Crippen MR) is 76.8 cm³/mol. The Balaban J connectivity index is 0.00000361. The van der Waals surface area contributed by atoms with E-state index in [9.17, 15) is 4.79 Å². The Morgan fingerprint density at radius 2 is 2.15 bits per heavy atom. The molecule has 1 rings (SSSR count). The fourth-order valence-electron chi connectivity index (χ4n) is 1.44. The van der Waals surface area contributed by atoms with E-state index in [1.165, 1.54) is 18.9 Å². The van der Waals surface area contributed by atoms with E-state index < -0.39 is 5.97 Å². The highest BCUT2D eigenvalue weighted by Crippen LogP contribution is 2.23. The van der Waals surface area contributed by atoms with Crippen LogP contribution in [0, 0.1) is 5.41 Å². The normalized spacial score (nSPS) is 9.50. The van der Waals surface area contributed by atoms with E-state index in [0.29, 0.717) is 23.7 Å². The molecule has 0 aliphatic heterocycles. The average Bonchev–Trinajstić information content (AvgIpc) is 2.42. The number of benzene rings is 1. The van der Waals surface area contributed by atoms with Gasteiger partial charge in [0.1, 0.15) is 11.3 Å². The molecule has 0 aromatic heterocycles. The van der Waals surface area contributed by atoms with Crippen molar-refractivity contribution < 1.29 is 26.7 Å². The molecule has 0 radical (unpaired) electrons. The van der Waals surface area contributed by atoms with Crippen molar-refractivity contribution in [3.63, 3.8) is 0 Å². The van der Waals surface area contributed by atoms with Crippen LogP contribution in [-0.2, 0) is 10.5 Å². The molecule has 0 bridgehead atoms. The zero-order valence-electron chi connectivity index (χ0n) is 11.4. The Hall–Kier alpha value is -1.40. The molecule has 0 aliphatic carbocycles. The van der Waals surface area contributed by atoms with E-state index in [1.807, 2.05) is 13.0 Å². The zero-order valence-corrected chi connectivity index (χ0v) is 13.0. The molecule has 0 unspecified atom stereocenters. The quantitative estimate of drug-likeness (QED) is 0.415. The highest BCUT2D eigenvalue weighted by Gasteiger charge is 2.14. The number of nitrogens with two attached hydrogens (primary N) is 1. The molecule has 7 heteroatoms. The van der Waals surface area contributed by atoms with Crippen LogP contribution in [0.4, 0.5) is 0 Å². The van der Waals surface area contributed by atoms with Crippen molar-refractivity contribution in [3.8, 4) is 5.75 Å². The van der Waals surface area contributed by atoms with Gasteiger partial charge in [0.05, 0.1) is 13.7 Å². The molecule has 0 fully saturated rings. The first-order valence-corrected chi connectivity index (χ1v) is 6.88. The molecule has 0 atom stereocenters. The first-order valence-electron chi connectivity index (χ1n) is 5.89. The maximum Gasteiger partial charge on any atom is 0.341 e. The maximum absolute atomic E-state index is 11.7. The number of hydrogen-bond acceptors (Lipinski definition) is 5. The molecule has 0 amide bonds. The number of carbonyl (C=O) groups is 1. The SMILES string of the molecule is CCCOc1ccc(CSC(=N)N)cc1C(=O)OC.[Cl-]. The number of methoxy groups -OCH3 is 1. The van der Waals surface area contributed by atoms with E-state index in [4.69, 9.17) is 20.6 Å². The Bertz CT molecular complexity index is 469. The summed E-state index contributed by atoms with van der Waals surface area (Å²) in [6.07, 6.45) is 0.864. The summed E-state index contributed by atoms with van der Waals surface area (Å²) in [4.78, 5) is 11.7. The third-order valence-corrected chi connectivity index (χ3v) is 3.09. The second-order valence-electron chi connectivity index (χ2n) is 3.82. The molecule has 0 saturated heterocycles. The van der Waals surface area contributed by atoms with E-state index in [0.717, 1.165) is 12.0 Å². The second-order valence-corrected chi connectivity index (χ2v) is 4.84. The number of hydrogen-bond donors (Lipinski definition) is 2. The molecule has 0 saturated carbocycles. The van der Waals surface area contributed by atoms with Crippen LogP contribution >= 0.6 is 11.8 Å². The summed E-state index contributed by atoms with van der Waals surface area (Å²) >= 11 is 1.20. The summed E-state index contributed by atoms with van der Waals surface area (Å²) in [6.45, 7) is 2.54. The first kappa shape index (κ1) is 18.6. The van der Waals surface area contributed by atoms with Crippen LogP contribution in [0.25, 0.3) is 0 Å². The fraction of sp³-hybridized carbons (Fsp3) is 0.385. The molecule has 112 valence electrons. The van der Waals surface area contributed by atoms with Gasteiger partial charge in [-0.05, 0) is 24.1 Å². The van der Waals surface area contributed by atoms with E-state index in [2.05, 4.69) is 0 Å². The number of amidine groups is 1. The van der Waals surface area contributed by atoms with Crippen molar-refractivity contribution in [2.24, 2.45) is 5.73 Å². The van der Waals surface area contributed by atoms with Crippen LogP contribution in [0.5, 0.6) is 5.75 Å². The molecular formula is C13H18ClN2O3S-. The summed E-state index contributed by atoms with van der Waals surface area (Å²) < 4.78 is 10.3. The smallest absolute Gasteiger partial charge is 0.341 e. The molecule has 0 heterocycles. The largest absolute Gasteiger partial charge is 1.00 e. The Kier molecular flexibility index (Phi) is 8.83. The molecule has 20 heavy (non-hydrogen) atoms. The number of thioether (sulfide) groups is 1. The molecule has 0 aliphatic rings. The summed E-state index contributed by atoms with van der Waals surface area (Å²) in [5.41, 5.74) is 6.58. The molecule has 5 nitrogen and oxygen atoms in total. The number of ether oxygens (including phenoxy) is 2. The van der Waals surface area contributed by atoms with E-state index in [1.54, 1.807) is 12.1 Å². The summed E-state index contributed by atoms with van der Waals surface area (Å²) in [5, 5.41) is 7.22. The Labute approximate surface area is 129 Å². The molecule has 1 aromatic rings. The third kappa shape index (κ3) is 5.71. The van der Waals surface area contributed by atoms with Gasteiger partial charge in [0.2, 0.25) is 0 Å². The lowest BCUT2D eigenvalue weighted by atomic mass is 10.1. The van der Waals surface area contributed by atoms with Crippen molar-refractivity contribution in [3.05, 3.63) is 29.3 Å².